The quantitative estimate of drug-likeness (QED) is 0.701. The predicted molar refractivity (Wildman–Crippen MR) is 98.6 cm³/mol. The predicted octanol–water partition coefficient (Wildman–Crippen LogP) is 1.76. The first-order chi connectivity index (χ1) is 12.4. The van der Waals surface area contributed by atoms with Crippen LogP contribution in [0.5, 0.6) is 5.75 Å². The van der Waals surface area contributed by atoms with Crippen LogP contribution in [0.25, 0.3) is 0 Å². The third kappa shape index (κ3) is 5.46. The van der Waals surface area contributed by atoms with E-state index >= 15 is 0 Å². The molecule has 7 heteroatoms. The molecular formula is C19H26N4O3. The molecule has 26 heavy (non-hydrogen) atoms. The number of anilines is 1. The highest BCUT2D eigenvalue weighted by Crippen LogP contribution is 2.39. The average Bonchev–Trinajstić information content (AvgIpc) is 3.46. The van der Waals surface area contributed by atoms with Crippen LogP contribution in [0, 0.1) is 17.2 Å². The zero-order chi connectivity index (χ0) is 19.2. The molecule has 1 aromatic rings. The molecular weight excluding hydrogens is 332 g/mol. The Kier molecular flexibility index (Phi) is 6.58. The maximum Gasteiger partial charge on any atom is 0.238 e. The second-order valence-electron chi connectivity index (χ2n) is 6.72. The summed E-state index contributed by atoms with van der Waals surface area (Å²) in [5.74, 6) is 0.434. The lowest BCUT2D eigenvalue weighted by Crippen LogP contribution is -2.50. The fourth-order valence-corrected chi connectivity index (χ4v) is 2.80. The van der Waals surface area contributed by atoms with E-state index < -0.39 is 5.54 Å². The number of likely N-dealkylation sites (N-methyl/N-ethyl adjacent to an activating group) is 1. The molecule has 1 aromatic carbocycles. The number of methoxy groups -OCH3 is 1. The minimum atomic E-state index is -0.820. The van der Waals surface area contributed by atoms with E-state index in [0.717, 1.165) is 12.8 Å². The minimum Gasteiger partial charge on any atom is -0.497 e. The van der Waals surface area contributed by atoms with E-state index in [0.29, 0.717) is 18.0 Å². The Bertz CT molecular complexity index is 696. The molecule has 1 fully saturated rings. The number of carbonyl (C=O) groups excluding carboxylic acids is 2. The van der Waals surface area contributed by atoms with E-state index in [-0.39, 0.29) is 30.8 Å². The number of rotatable bonds is 9. The molecule has 1 aliphatic carbocycles. The SMILES string of the molecule is CCN(CC(=O)Nc1cccc(OC)c1)CC(=O)N[C@@](C)(C#N)C1CC1. The molecule has 0 aliphatic heterocycles. The number of ether oxygens (including phenoxy) is 1. The Morgan fingerprint density at radius 1 is 1.35 bits per heavy atom. The summed E-state index contributed by atoms with van der Waals surface area (Å²) >= 11 is 0. The molecule has 0 aromatic heterocycles. The van der Waals surface area contributed by atoms with Crippen LogP contribution in [-0.4, -0.2) is 49.0 Å². The van der Waals surface area contributed by atoms with Crippen molar-refractivity contribution in [3.8, 4) is 11.8 Å². The van der Waals surface area contributed by atoms with Crippen molar-refractivity contribution in [2.45, 2.75) is 32.2 Å². The minimum absolute atomic E-state index is 0.0754. The van der Waals surface area contributed by atoms with Crippen LogP contribution in [0.3, 0.4) is 0 Å². The van der Waals surface area contributed by atoms with Gasteiger partial charge in [-0.05, 0) is 44.4 Å². The van der Waals surface area contributed by atoms with E-state index in [1.54, 1.807) is 43.2 Å². The first-order valence-electron chi connectivity index (χ1n) is 8.78. The summed E-state index contributed by atoms with van der Waals surface area (Å²) in [7, 11) is 1.56. The summed E-state index contributed by atoms with van der Waals surface area (Å²) < 4.78 is 5.13. The van der Waals surface area contributed by atoms with Crippen molar-refractivity contribution in [3.05, 3.63) is 24.3 Å². The first kappa shape index (κ1) is 19.7. The van der Waals surface area contributed by atoms with Crippen LogP contribution in [0.2, 0.25) is 0 Å². The van der Waals surface area contributed by atoms with Gasteiger partial charge in [0.2, 0.25) is 11.8 Å². The van der Waals surface area contributed by atoms with Crippen molar-refractivity contribution in [3.63, 3.8) is 0 Å². The van der Waals surface area contributed by atoms with Crippen LogP contribution >= 0.6 is 0 Å². The van der Waals surface area contributed by atoms with Crippen molar-refractivity contribution < 1.29 is 14.3 Å². The number of nitrogens with zero attached hydrogens (tertiary/aromatic N) is 2. The summed E-state index contributed by atoms with van der Waals surface area (Å²) in [4.78, 5) is 26.3. The Labute approximate surface area is 154 Å². The van der Waals surface area contributed by atoms with Gasteiger partial charge < -0.3 is 15.4 Å². The van der Waals surface area contributed by atoms with Gasteiger partial charge in [0, 0.05) is 11.8 Å². The molecule has 1 saturated carbocycles. The van der Waals surface area contributed by atoms with Gasteiger partial charge in [0.05, 0.1) is 26.3 Å². The third-order valence-electron chi connectivity index (χ3n) is 4.56. The Balaban J connectivity index is 1.86. The molecule has 7 nitrogen and oxygen atoms in total. The van der Waals surface area contributed by atoms with Crippen LogP contribution in [0.1, 0.15) is 26.7 Å². The van der Waals surface area contributed by atoms with Crippen LogP contribution in [-0.2, 0) is 9.59 Å². The normalized spacial score (nSPS) is 15.7. The molecule has 1 aliphatic rings. The van der Waals surface area contributed by atoms with Crippen LogP contribution in [0.4, 0.5) is 5.69 Å². The molecule has 0 heterocycles. The Morgan fingerprint density at radius 2 is 2.04 bits per heavy atom. The number of hydrogen-bond donors (Lipinski definition) is 2. The average molecular weight is 358 g/mol. The molecule has 140 valence electrons. The second-order valence-corrected chi connectivity index (χ2v) is 6.72. The first-order valence-corrected chi connectivity index (χ1v) is 8.78. The number of carbonyl (C=O) groups is 2. The van der Waals surface area contributed by atoms with Crippen molar-refractivity contribution in [1.29, 1.82) is 5.26 Å². The standard InChI is InChI=1S/C19H26N4O3/c1-4-23(12-18(25)22-19(2,13-20)14-8-9-14)11-17(24)21-15-6-5-7-16(10-15)26-3/h5-7,10,14H,4,8-9,11-12H2,1-3H3,(H,21,24)(H,22,25)/t19-/m0/s1. The van der Waals surface area contributed by atoms with Gasteiger partial charge in [0.1, 0.15) is 11.3 Å². The molecule has 0 bridgehead atoms. The summed E-state index contributed by atoms with van der Waals surface area (Å²) in [5, 5.41) is 15.0. The molecule has 2 N–H and O–H groups in total. The summed E-state index contributed by atoms with van der Waals surface area (Å²) in [6.07, 6.45) is 1.93. The molecule has 2 rings (SSSR count). The monoisotopic (exact) mass is 358 g/mol. The maximum absolute atomic E-state index is 12.3. The Morgan fingerprint density at radius 3 is 2.62 bits per heavy atom. The Hall–Kier alpha value is -2.59. The molecule has 1 atom stereocenters. The van der Waals surface area contributed by atoms with Crippen molar-refractivity contribution in [1.82, 2.24) is 10.2 Å². The van der Waals surface area contributed by atoms with Crippen molar-refractivity contribution in [2.24, 2.45) is 5.92 Å². The second kappa shape index (κ2) is 8.68. The van der Waals surface area contributed by atoms with Gasteiger partial charge in [-0.2, -0.15) is 5.26 Å². The highest BCUT2D eigenvalue weighted by Gasteiger charge is 2.43. The third-order valence-corrected chi connectivity index (χ3v) is 4.56. The molecule has 0 saturated heterocycles. The lowest BCUT2D eigenvalue weighted by Gasteiger charge is -2.25. The highest BCUT2D eigenvalue weighted by molar-refractivity contribution is 5.92. The van der Waals surface area contributed by atoms with Crippen molar-refractivity contribution >= 4 is 17.5 Å². The highest BCUT2D eigenvalue weighted by atomic mass is 16.5. The number of amides is 2. The van der Waals surface area contributed by atoms with Gasteiger partial charge in [-0.1, -0.05) is 13.0 Å². The fraction of sp³-hybridized carbons (Fsp3) is 0.526. The zero-order valence-corrected chi connectivity index (χ0v) is 15.5. The summed E-state index contributed by atoms with van der Waals surface area (Å²) in [6.45, 7) is 4.36. The fourth-order valence-electron chi connectivity index (χ4n) is 2.80. The molecule has 2 amide bonds. The van der Waals surface area contributed by atoms with E-state index in [4.69, 9.17) is 4.74 Å². The number of hydrogen-bond acceptors (Lipinski definition) is 5. The smallest absolute Gasteiger partial charge is 0.238 e. The number of nitrogens with one attached hydrogen (secondary N) is 2. The maximum atomic E-state index is 12.3. The van der Waals surface area contributed by atoms with E-state index in [2.05, 4.69) is 16.7 Å². The van der Waals surface area contributed by atoms with E-state index in [1.165, 1.54) is 0 Å². The summed E-state index contributed by atoms with van der Waals surface area (Å²) in [5.41, 5.74) is -0.181. The molecule has 0 radical (unpaired) electrons. The largest absolute Gasteiger partial charge is 0.497 e. The van der Waals surface area contributed by atoms with E-state index in [1.807, 2.05) is 6.92 Å². The number of benzene rings is 1. The van der Waals surface area contributed by atoms with Crippen LogP contribution in [0.15, 0.2) is 24.3 Å². The summed E-state index contributed by atoms with van der Waals surface area (Å²) in [6, 6.07) is 9.30. The lowest BCUT2D eigenvalue weighted by atomic mass is 9.98. The van der Waals surface area contributed by atoms with Gasteiger partial charge in [-0.15, -0.1) is 0 Å². The molecule has 0 spiro atoms. The van der Waals surface area contributed by atoms with Crippen molar-refractivity contribution in [2.75, 3.05) is 32.1 Å². The van der Waals surface area contributed by atoms with E-state index in [9.17, 15) is 14.9 Å². The number of nitriles is 1. The van der Waals surface area contributed by atoms with Gasteiger partial charge in [0.15, 0.2) is 0 Å². The van der Waals surface area contributed by atoms with Gasteiger partial charge in [0.25, 0.3) is 0 Å². The zero-order valence-electron chi connectivity index (χ0n) is 15.5. The van der Waals surface area contributed by atoms with Gasteiger partial charge >= 0.3 is 0 Å². The lowest BCUT2D eigenvalue weighted by molar-refractivity contribution is -0.124. The van der Waals surface area contributed by atoms with Gasteiger partial charge in [-0.3, -0.25) is 14.5 Å². The van der Waals surface area contributed by atoms with Gasteiger partial charge in [-0.25, -0.2) is 0 Å². The topological polar surface area (TPSA) is 94.5 Å². The van der Waals surface area contributed by atoms with Crippen LogP contribution < -0.4 is 15.4 Å². The molecule has 0 unspecified atom stereocenters.